The third-order valence-corrected chi connectivity index (χ3v) is 4.84. The first-order valence-corrected chi connectivity index (χ1v) is 8.30. The summed E-state index contributed by atoms with van der Waals surface area (Å²) >= 11 is 3.54. The topological polar surface area (TPSA) is 43.8 Å². The van der Waals surface area contributed by atoms with Crippen molar-refractivity contribution in [2.45, 2.75) is 57.5 Å². The average Bonchev–Trinajstić information content (AvgIpc) is 2.77. The third-order valence-electron chi connectivity index (χ3n) is 4.35. The van der Waals surface area contributed by atoms with Crippen LogP contribution in [-0.4, -0.2) is 15.6 Å². The molecule has 0 amide bonds. The minimum atomic E-state index is 0.251. The number of fused-ring (bicyclic) bond motifs is 1. The molecule has 2 aromatic rings. The van der Waals surface area contributed by atoms with E-state index >= 15 is 0 Å². The predicted octanol–water partition coefficient (Wildman–Crippen LogP) is 4.36. The summed E-state index contributed by atoms with van der Waals surface area (Å²) in [6.07, 6.45) is 4.81. The molecule has 108 valence electrons. The van der Waals surface area contributed by atoms with Gasteiger partial charge in [-0.1, -0.05) is 28.8 Å². The Labute approximate surface area is 128 Å². The summed E-state index contributed by atoms with van der Waals surface area (Å²) in [4.78, 5) is 4.92. The molecule has 20 heavy (non-hydrogen) atoms. The number of nitrogens with two attached hydrogens (primary N) is 1. The summed E-state index contributed by atoms with van der Waals surface area (Å²) in [6, 6.07) is 7.01. The highest BCUT2D eigenvalue weighted by Crippen LogP contribution is 2.35. The zero-order valence-electron chi connectivity index (χ0n) is 12.1. The maximum Gasteiger partial charge on any atom is 0.114 e. The van der Waals surface area contributed by atoms with Gasteiger partial charge in [0.1, 0.15) is 5.82 Å². The lowest BCUT2D eigenvalue weighted by atomic mass is 9.84. The van der Waals surface area contributed by atoms with Crippen molar-refractivity contribution in [3.8, 4) is 0 Å². The Kier molecular flexibility index (Phi) is 3.87. The Hall–Kier alpha value is -0.870. The fraction of sp³-hybridized carbons (Fsp3) is 0.562. The van der Waals surface area contributed by atoms with E-state index in [0.717, 1.165) is 16.4 Å². The fourth-order valence-corrected chi connectivity index (χ4v) is 3.72. The molecular formula is C16H22BrN3. The van der Waals surface area contributed by atoms with Gasteiger partial charge in [0, 0.05) is 22.5 Å². The molecule has 2 N–H and O–H groups in total. The van der Waals surface area contributed by atoms with Gasteiger partial charge in [-0.05, 0) is 44.9 Å². The van der Waals surface area contributed by atoms with E-state index < -0.39 is 0 Å². The van der Waals surface area contributed by atoms with Crippen LogP contribution in [0.2, 0.25) is 0 Å². The van der Waals surface area contributed by atoms with Crippen LogP contribution in [0.1, 0.15) is 57.3 Å². The van der Waals surface area contributed by atoms with Gasteiger partial charge in [0.15, 0.2) is 0 Å². The number of imidazole rings is 1. The van der Waals surface area contributed by atoms with Gasteiger partial charge in [-0.25, -0.2) is 4.98 Å². The van der Waals surface area contributed by atoms with Crippen LogP contribution in [0.15, 0.2) is 22.7 Å². The van der Waals surface area contributed by atoms with E-state index in [1.165, 1.54) is 30.6 Å². The number of aromatic nitrogens is 2. The molecule has 0 spiro atoms. The maximum absolute atomic E-state index is 6.37. The number of hydrogen-bond donors (Lipinski definition) is 1. The molecule has 1 aromatic carbocycles. The van der Waals surface area contributed by atoms with Crippen molar-refractivity contribution in [1.29, 1.82) is 0 Å². The average molecular weight is 336 g/mol. The lowest BCUT2D eigenvalue weighted by molar-refractivity contribution is 0.360. The Bertz CT molecular complexity index is 617. The van der Waals surface area contributed by atoms with E-state index in [0.29, 0.717) is 12.0 Å². The molecule has 0 saturated heterocycles. The Morgan fingerprint density at radius 3 is 2.75 bits per heavy atom. The highest BCUT2D eigenvalue weighted by atomic mass is 79.9. The third kappa shape index (κ3) is 2.40. The van der Waals surface area contributed by atoms with Crippen LogP contribution in [0.25, 0.3) is 11.0 Å². The number of benzene rings is 1. The smallest absolute Gasteiger partial charge is 0.114 e. The van der Waals surface area contributed by atoms with Crippen LogP contribution in [0.5, 0.6) is 0 Å². The van der Waals surface area contributed by atoms with Gasteiger partial charge in [-0.2, -0.15) is 0 Å². The molecule has 1 saturated carbocycles. The van der Waals surface area contributed by atoms with Gasteiger partial charge in [0.25, 0.3) is 0 Å². The second-order valence-electron chi connectivity index (χ2n) is 6.12. The van der Waals surface area contributed by atoms with Crippen molar-refractivity contribution in [2.24, 2.45) is 5.73 Å². The SMILES string of the molecule is CC(C)n1c(C2CCCCC2N)nc2cc(Br)ccc21. The van der Waals surface area contributed by atoms with E-state index in [4.69, 9.17) is 10.7 Å². The standard InChI is InChI=1S/C16H22BrN3/c1-10(2)20-15-8-7-11(17)9-14(15)19-16(20)12-5-3-4-6-13(12)18/h7-10,12-13H,3-6,18H2,1-2H3. The van der Waals surface area contributed by atoms with Crippen molar-refractivity contribution in [3.05, 3.63) is 28.5 Å². The van der Waals surface area contributed by atoms with Crippen LogP contribution in [0.4, 0.5) is 0 Å². The van der Waals surface area contributed by atoms with E-state index in [9.17, 15) is 0 Å². The van der Waals surface area contributed by atoms with Crippen molar-refractivity contribution in [1.82, 2.24) is 9.55 Å². The predicted molar refractivity (Wildman–Crippen MR) is 87.0 cm³/mol. The molecule has 1 aliphatic rings. The summed E-state index contributed by atoms with van der Waals surface area (Å²) in [5.41, 5.74) is 8.66. The molecular weight excluding hydrogens is 314 g/mol. The van der Waals surface area contributed by atoms with E-state index in [1.54, 1.807) is 0 Å². The van der Waals surface area contributed by atoms with Crippen LogP contribution in [-0.2, 0) is 0 Å². The van der Waals surface area contributed by atoms with Gasteiger partial charge < -0.3 is 10.3 Å². The Morgan fingerprint density at radius 1 is 1.30 bits per heavy atom. The zero-order chi connectivity index (χ0) is 14.3. The van der Waals surface area contributed by atoms with Crippen LogP contribution >= 0.6 is 15.9 Å². The fourth-order valence-electron chi connectivity index (χ4n) is 3.37. The molecule has 1 heterocycles. The van der Waals surface area contributed by atoms with Gasteiger partial charge in [0.2, 0.25) is 0 Å². The van der Waals surface area contributed by atoms with Crippen molar-refractivity contribution >= 4 is 27.0 Å². The first-order valence-electron chi connectivity index (χ1n) is 7.51. The van der Waals surface area contributed by atoms with Crippen molar-refractivity contribution in [3.63, 3.8) is 0 Å². The number of rotatable bonds is 2. The monoisotopic (exact) mass is 335 g/mol. The Morgan fingerprint density at radius 2 is 2.05 bits per heavy atom. The van der Waals surface area contributed by atoms with Crippen LogP contribution in [0.3, 0.4) is 0 Å². The molecule has 3 rings (SSSR count). The second kappa shape index (κ2) is 5.49. The molecule has 3 nitrogen and oxygen atoms in total. The molecule has 2 unspecified atom stereocenters. The van der Waals surface area contributed by atoms with Crippen molar-refractivity contribution < 1.29 is 0 Å². The minimum absolute atomic E-state index is 0.251. The molecule has 0 aliphatic heterocycles. The largest absolute Gasteiger partial charge is 0.327 e. The Balaban J connectivity index is 2.15. The first-order chi connectivity index (χ1) is 9.58. The molecule has 2 atom stereocenters. The van der Waals surface area contributed by atoms with Gasteiger partial charge in [-0.3, -0.25) is 0 Å². The highest BCUT2D eigenvalue weighted by molar-refractivity contribution is 9.10. The van der Waals surface area contributed by atoms with Gasteiger partial charge in [-0.15, -0.1) is 0 Å². The van der Waals surface area contributed by atoms with Gasteiger partial charge >= 0.3 is 0 Å². The maximum atomic E-state index is 6.37. The number of halogens is 1. The normalized spacial score (nSPS) is 23.6. The molecule has 1 fully saturated rings. The van der Waals surface area contributed by atoms with Gasteiger partial charge in [0.05, 0.1) is 11.0 Å². The van der Waals surface area contributed by atoms with E-state index in [-0.39, 0.29) is 6.04 Å². The summed E-state index contributed by atoms with van der Waals surface area (Å²) in [6.45, 7) is 4.45. The highest BCUT2D eigenvalue weighted by Gasteiger charge is 2.29. The zero-order valence-corrected chi connectivity index (χ0v) is 13.7. The molecule has 1 aliphatic carbocycles. The lowest BCUT2D eigenvalue weighted by Gasteiger charge is -2.29. The summed E-state index contributed by atoms with van der Waals surface area (Å²) in [5, 5.41) is 0. The van der Waals surface area contributed by atoms with E-state index in [2.05, 4.69) is 52.5 Å². The summed E-state index contributed by atoms with van der Waals surface area (Å²) < 4.78 is 3.45. The summed E-state index contributed by atoms with van der Waals surface area (Å²) in [7, 11) is 0. The van der Waals surface area contributed by atoms with Crippen LogP contribution in [0, 0.1) is 0 Å². The molecule has 4 heteroatoms. The van der Waals surface area contributed by atoms with Crippen LogP contribution < -0.4 is 5.73 Å². The number of nitrogens with zero attached hydrogens (tertiary/aromatic N) is 2. The second-order valence-corrected chi connectivity index (χ2v) is 7.04. The molecule has 0 bridgehead atoms. The molecule has 0 radical (unpaired) electrons. The minimum Gasteiger partial charge on any atom is -0.327 e. The first kappa shape index (κ1) is 14.1. The molecule has 1 aromatic heterocycles. The quantitative estimate of drug-likeness (QED) is 0.885. The number of hydrogen-bond acceptors (Lipinski definition) is 2. The van der Waals surface area contributed by atoms with E-state index in [1.807, 2.05) is 0 Å². The lowest BCUT2D eigenvalue weighted by Crippen LogP contribution is -2.33. The summed E-state index contributed by atoms with van der Waals surface area (Å²) in [5.74, 6) is 1.58. The van der Waals surface area contributed by atoms with Crippen molar-refractivity contribution in [2.75, 3.05) is 0 Å².